The lowest BCUT2D eigenvalue weighted by Gasteiger charge is -1.89. The number of hydrogen-bond acceptors (Lipinski definition) is 3. The normalized spacial score (nSPS) is 11.1. The molecule has 0 aliphatic rings. The Labute approximate surface area is 71.9 Å². The summed E-state index contributed by atoms with van der Waals surface area (Å²) >= 11 is 6.98. The number of imidazole rings is 1. The summed E-state index contributed by atoms with van der Waals surface area (Å²) in [5.74, 6) is 0. The van der Waals surface area contributed by atoms with Gasteiger partial charge in [0, 0.05) is 7.05 Å². The summed E-state index contributed by atoms with van der Waals surface area (Å²) in [6, 6.07) is 0. The van der Waals surface area contributed by atoms with Gasteiger partial charge in [0.2, 0.25) is 0 Å². The van der Waals surface area contributed by atoms with Crippen LogP contribution in [0.15, 0.2) is 6.33 Å². The van der Waals surface area contributed by atoms with Crippen LogP contribution in [-0.2, 0) is 7.05 Å². The Hall–Kier alpha value is -0.740. The molecule has 0 aromatic carbocycles. The van der Waals surface area contributed by atoms with Crippen molar-refractivity contribution < 1.29 is 5.11 Å². The Morgan fingerprint density at radius 3 is 3.09 bits per heavy atom. The Balaban J connectivity index is 2.95. The molecule has 0 aliphatic carbocycles. The van der Waals surface area contributed by atoms with Crippen molar-refractivity contribution in [3.8, 4) is 5.06 Å². The van der Waals surface area contributed by atoms with Crippen molar-refractivity contribution in [1.82, 2.24) is 9.55 Å². The highest BCUT2D eigenvalue weighted by Crippen LogP contribution is 2.39. The molecule has 0 saturated carbocycles. The zero-order valence-electron chi connectivity index (χ0n) is 5.71. The predicted octanol–water partition coefficient (Wildman–Crippen LogP) is 1.99. The SMILES string of the molecule is Cn1cnc2sc(O)c(Cl)c21. The summed E-state index contributed by atoms with van der Waals surface area (Å²) in [7, 11) is 1.84. The highest BCUT2D eigenvalue weighted by Gasteiger charge is 2.12. The molecule has 2 rings (SSSR count). The lowest BCUT2D eigenvalue weighted by atomic mass is 10.5. The fraction of sp³-hybridized carbons (Fsp3) is 0.167. The van der Waals surface area contributed by atoms with Crippen LogP contribution in [0.5, 0.6) is 5.06 Å². The number of aromatic hydroxyl groups is 1. The van der Waals surface area contributed by atoms with Gasteiger partial charge in [-0.25, -0.2) is 4.98 Å². The van der Waals surface area contributed by atoms with E-state index in [-0.39, 0.29) is 5.06 Å². The second-order valence-corrected chi connectivity index (χ2v) is 3.59. The van der Waals surface area contributed by atoms with Crippen molar-refractivity contribution in [2.45, 2.75) is 0 Å². The van der Waals surface area contributed by atoms with Crippen molar-refractivity contribution in [1.29, 1.82) is 0 Å². The predicted molar refractivity (Wildman–Crippen MR) is 45.3 cm³/mol. The van der Waals surface area contributed by atoms with Gasteiger partial charge in [-0.3, -0.25) is 0 Å². The van der Waals surface area contributed by atoms with Gasteiger partial charge in [-0.15, -0.1) is 0 Å². The first-order valence-corrected chi connectivity index (χ1v) is 4.18. The maximum atomic E-state index is 9.19. The third-order valence-corrected chi connectivity index (χ3v) is 2.85. The van der Waals surface area contributed by atoms with E-state index in [1.165, 1.54) is 11.3 Å². The molecule has 0 fully saturated rings. The highest BCUT2D eigenvalue weighted by atomic mass is 35.5. The number of nitrogens with zero attached hydrogens (tertiary/aromatic N) is 2. The standard InChI is InChI=1S/C6H5ClN2OS/c1-9-2-8-5-4(9)3(7)6(10)11-5/h2,10H,1H3. The monoisotopic (exact) mass is 188 g/mol. The van der Waals surface area contributed by atoms with E-state index >= 15 is 0 Å². The maximum Gasteiger partial charge on any atom is 0.194 e. The Morgan fingerprint density at radius 2 is 2.45 bits per heavy atom. The van der Waals surface area contributed by atoms with Gasteiger partial charge >= 0.3 is 0 Å². The number of thiophene rings is 1. The molecule has 1 N–H and O–H groups in total. The zero-order valence-corrected chi connectivity index (χ0v) is 7.28. The summed E-state index contributed by atoms with van der Waals surface area (Å²) < 4.78 is 1.79. The summed E-state index contributed by atoms with van der Waals surface area (Å²) in [6.07, 6.45) is 1.67. The number of hydrogen-bond donors (Lipinski definition) is 1. The van der Waals surface area contributed by atoms with Crippen LogP contribution in [0.1, 0.15) is 0 Å². The minimum atomic E-state index is 0.139. The topological polar surface area (TPSA) is 38.0 Å². The van der Waals surface area contributed by atoms with E-state index in [1.54, 1.807) is 10.9 Å². The molecule has 3 nitrogen and oxygen atoms in total. The largest absolute Gasteiger partial charge is 0.498 e. The second-order valence-electron chi connectivity index (χ2n) is 2.23. The number of aromatic nitrogens is 2. The average molecular weight is 189 g/mol. The third kappa shape index (κ3) is 0.829. The van der Waals surface area contributed by atoms with Gasteiger partial charge in [-0.2, -0.15) is 0 Å². The number of fused-ring (bicyclic) bond motifs is 1. The highest BCUT2D eigenvalue weighted by molar-refractivity contribution is 7.21. The van der Waals surface area contributed by atoms with Crippen LogP contribution in [-0.4, -0.2) is 14.7 Å². The molecule has 0 radical (unpaired) electrons. The van der Waals surface area contributed by atoms with Gasteiger partial charge in [0.25, 0.3) is 0 Å². The van der Waals surface area contributed by atoms with Crippen molar-refractivity contribution >= 4 is 33.3 Å². The first kappa shape index (κ1) is 6.94. The van der Waals surface area contributed by atoms with Crippen LogP contribution in [0, 0.1) is 0 Å². The van der Waals surface area contributed by atoms with E-state index in [4.69, 9.17) is 11.6 Å². The van der Waals surface area contributed by atoms with Gasteiger partial charge in [0.1, 0.15) is 15.4 Å². The first-order valence-electron chi connectivity index (χ1n) is 2.98. The van der Waals surface area contributed by atoms with E-state index in [0.717, 1.165) is 10.3 Å². The van der Waals surface area contributed by atoms with Crippen LogP contribution in [0.2, 0.25) is 5.02 Å². The Morgan fingerprint density at radius 1 is 1.73 bits per heavy atom. The van der Waals surface area contributed by atoms with E-state index in [0.29, 0.717) is 5.02 Å². The quantitative estimate of drug-likeness (QED) is 0.687. The van der Waals surface area contributed by atoms with Crippen LogP contribution in [0.25, 0.3) is 10.3 Å². The van der Waals surface area contributed by atoms with Gasteiger partial charge in [0.15, 0.2) is 5.06 Å². The van der Waals surface area contributed by atoms with Crippen LogP contribution in [0.4, 0.5) is 0 Å². The minimum Gasteiger partial charge on any atom is -0.498 e. The Kier molecular flexibility index (Phi) is 1.34. The molecule has 0 saturated heterocycles. The maximum absolute atomic E-state index is 9.19. The number of halogens is 1. The molecular formula is C6H5ClN2OS. The van der Waals surface area contributed by atoms with Crippen LogP contribution >= 0.6 is 22.9 Å². The number of rotatable bonds is 0. The van der Waals surface area contributed by atoms with Gasteiger partial charge < -0.3 is 9.67 Å². The van der Waals surface area contributed by atoms with E-state index in [1.807, 2.05) is 7.05 Å². The molecule has 11 heavy (non-hydrogen) atoms. The molecule has 2 aromatic heterocycles. The molecular weight excluding hydrogens is 184 g/mol. The summed E-state index contributed by atoms with van der Waals surface area (Å²) in [6.45, 7) is 0. The lowest BCUT2D eigenvalue weighted by Crippen LogP contribution is -1.81. The fourth-order valence-electron chi connectivity index (χ4n) is 0.970. The minimum absolute atomic E-state index is 0.139. The smallest absolute Gasteiger partial charge is 0.194 e. The average Bonchev–Trinajstić information content (AvgIpc) is 2.41. The molecule has 0 amide bonds. The molecule has 0 unspecified atom stereocenters. The van der Waals surface area contributed by atoms with Gasteiger partial charge in [0.05, 0.1) is 6.33 Å². The summed E-state index contributed by atoms with van der Waals surface area (Å²) in [5.41, 5.74) is 0.800. The van der Waals surface area contributed by atoms with Crippen molar-refractivity contribution in [2.24, 2.45) is 7.05 Å². The Bertz CT molecular complexity index is 406. The van der Waals surface area contributed by atoms with Crippen molar-refractivity contribution in [2.75, 3.05) is 0 Å². The zero-order chi connectivity index (χ0) is 8.01. The molecule has 0 bridgehead atoms. The molecule has 0 atom stereocenters. The van der Waals surface area contributed by atoms with Gasteiger partial charge in [-0.1, -0.05) is 22.9 Å². The van der Waals surface area contributed by atoms with Crippen LogP contribution < -0.4 is 0 Å². The summed E-state index contributed by atoms with van der Waals surface area (Å²) in [5, 5.41) is 9.72. The van der Waals surface area contributed by atoms with Crippen molar-refractivity contribution in [3.63, 3.8) is 0 Å². The molecule has 2 aromatic rings. The first-order chi connectivity index (χ1) is 5.20. The van der Waals surface area contributed by atoms with E-state index < -0.39 is 0 Å². The van der Waals surface area contributed by atoms with Crippen molar-refractivity contribution in [3.05, 3.63) is 11.3 Å². The van der Waals surface area contributed by atoms with E-state index in [9.17, 15) is 5.11 Å². The van der Waals surface area contributed by atoms with E-state index in [2.05, 4.69) is 4.98 Å². The van der Waals surface area contributed by atoms with Crippen LogP contribution in [0.3, 0.4) is 0 Å². The molecule has 2 heterocycles. The molecule has 58 valence electrons. The molecule has 0 spiro atoms. The molecule has 0 aliphatic heterocycles. The third-order valence-electron chi connectivity index (χ3n) is 1.49. The lowest BCUT2D eigenvalue weighted by molar-refractivity contribution is 0.491. The second kappa shape index (κ2) is 2.12. The summed E-state index contributed by atoms with van der Waals surface area (Å²) in [4.78, 5) is 4.81. The molecule has 5 heteroatoms. The fourth-order valence-corrected chi connectivity index (χ4v) is 2.18. The number of aryl methyl sites for hydroxylation is 1. The van der Waals surface area contributed by atoms with Gasteiger partial charge in [-0.05, 0) is 0 Å².